The van der Waals surface area contributed by atoms with Gasteiger partial charge in [-0.3, -0.25) is 14.6 Å². The molecule has 0 heterocycles. The third-order valence-electron chi connectivity index (χ3n) is 1.32. The highest BCUT2D eigenvalue weighted by molar-refractivity contribution is 7.46. The van der Waals surface area contributed by atoms with Crippen LogP contribution in [0.25, 0.3) is 0 Å². The highest BCUT2D eigenvalue weighted by Crippen LogP contribution is 2.41. The molecule has 0 atom stereocenters. The lowest BCUT2D eigenvalue weighted by atomic mass is 10.3. The Morgan fingerprint density at radius 3 is 2.27 bits per heavy atom. The number of rotatable bonds is 3. The zero-order valence-corrected chi connectivity index (χ0v) is 8.68. The first-order valence-corrected chi connectivity index (χ1v) is 5.44. The standard InChI is InChI=1S/C8H9O6P/c1-6(9)13-7-4-2-3-5-8(7)14-15(10,11)12/h2-5H,1H3,(H2,10,11,12). The molecule has 1 rings (SSSR count). The fourth-order valence-electron chi connectivity index (χ4n) is 0.893. The summed E-state index contributed by atoms with van der Waals surface area (Å²) in [5, 5.41) is 0. The van der Waals surface area contributed by atoms with E-state index in [1.54, 1.807) is 6.07 Å². The van der Waals surface area contributed by atoms with Crippen molar-refractivity contribution < 1.29 is 28.4 Å². The Balaban J connectivity index is 2.96. The molecule has 6 nitrogen and oxygen atoms in total. The number of benzene rings is 1. The molecule has 0 spiro atoms. The van der Waals surface area contributed by atoms with Crippen LogP contribution in [-0.4, -0.2) is 15.8 Å². The fourth-order valence-corrected chi connectivity index (χ4v) is 1.30. The molecule has 0 aliphatic rings. The quantitative estimate of drug-likeness (QED) is 0.460. The van der Waals surface area contributed by atoms with E-state index in [0.29, 0.717) is 0 Å². The molecule has 0 amide bonds. The fraction of sp³-hybridized carbons (Fsp3) is 0.125. The van der Waals surface area contributed by atoms with E-state index in [4.69, 9.17) is 9.79 Å². The van der Waals surface area contributed by atoms with Gasteiger partial charge in [-0.1, -0.05) is 12.1 Å². The number of ether oxygens (including phenoxy) is 1. The first-order chi connectivity index (χ1) is 6.88. The number of esters is 1. The SMILES string of the molecule is CC(=O)Oc1ccccc1OP(=O)(O)O. The monoisotopic (exact) mass is 232 g/mol. The molecule has 0 aliphatic carbocycles. The zero-order valence-electron chi connectivity index (χ0n) is 7.78. The Bertz CT molecular complexity index is 409. The molecule has 0 aromatic heterocycles. The van der Waals surface area contributed by atoms with Gasteiger partial charge in [-0.2, -0.15) is 0 Å². The molecule has 1 aromatic rings. The van der Waals surface area contributed by atoms with Crippen LogP contribution < -0.4 is 9.26 Å². The van der Waals surface area contributed by atoms with E-state index >= 15 is 0 Å². The average molecular weight is 232 g/mol. The lowest BCUT2D eigenvalue weighted by Gasteiger charge is -2.10. The van der Waals surface area contributed by atoms with Crippen LogP contribution in [0.3, 0.4) is 0 Å². The molecule has 0 saturated heterocycles. The molecule has 15 heavy (non-hydrogen) atoms. The minimum absolute atomic E-state index is 0.0340. The third kappa shape index (κ3) is 4.12. The van der Waals surface area contributed by atoms with E-state index < -0.39 is 13.8 Å². The van der Waals surface area contributed by atoms with Gasteiger partial charge in [-0.25, -0.2) is 4.57 Å². The molecule has 0 unspecified atom stereocenters. The van der Waals surface area contributed by atoms with Gasteiger partial charge in [0, 0.05) is 6.92 Å². The van der Waals surface area contributed by atoms with E-state index in [0.717, 1.165) is 0 Å². The number of phosphoric acid groups is 1. The van der Waals surface area contributed by atoms with Gasteiger partial charge in [0.15, 0.2) is 11.5 Å². The minimum atomic E-state index is -4.65. The maximum absolute atomic E-state index is 10.7. The second kappa shape index (κ2) is 4.44. The molecular formula is C8H9O6P. The summed E-state index contributed by atoms with van der Waals surface area (Å²) in [7, 11) is -4.65. The lowest BCUT2D eigenvalue weighted by Crippen LogP contribution is -2.03. The van der Waals surface area contributed by atoms with Crippen molar-refractivity contribution in [3.8, 4) is 11.5 Å². The molecule has 2 N–H and O–H groups in total. The molecule has 0 saturated carbocycles. The Hall–Kier alpha value is -1.36. The molecular weight excluding hydrogens is 223 g/mol. The smallest absolute Gasteiger partial charge is 0.423 e. The van der Waals surface area contributed by atoms with Crippen molar-refractivity contribution >= 4 is 13.8 Å². The number of hydrogen-bond donors (Lipinski definition) is 2. The molecule has 0 fully saturated rings. The van der Waals surface area contributed by atoms with Gasteiger partial charge in [0.25, 0.3) is 0 Å². The summed E-state index contributed by atoms with van der Waals surface area (Å²) in [5.74, 6) is -0.814. The molecule has 0 aliphatic heterocycles. The van der Waals surface area contributed by atoms with Crippen molar-refractivity contribution in [1.29, 1.82) is 0 Å². The summed E-state index contributed by atoms with van der Waals surface area (Å²) in [6.07, 6.45) is 0. The Morgan fingerprint density at radius 1 is 1.27 bits per heavy atom. The van der Waals surface area contributed by atoms with Crippen LogP contribution in [0.2, 0.25) is 0 Å². The van der Waals surface area contributed by atoms with E-state index in [-0.39, 0.29) is 11.5 Å². The van der Waals surface area contributed by atoms with Gasteiger partial charge in [-0.15, -0.1) is 0 Å². The summed E-state index contributed by atoms with van der Waals surface area (Å²) < 4.78 is 19.6. The number of hydrogen-bond acceptors (Lipinski definition) is 4. The summed E-state index contributed by atoms with van der Waals surface area (Å²) in [6, 6.07) is 5.70. The van der Waals surface area contributed by atoms with Gasteiger partial charge in [-0.05, 0) is 12.1 Å². The summed E-state index contributed by atoms with van der Waals surface area (Å²) in [4.78, 5) is 27.8. The Morgan fingerprint density at radius 2 is 1.80 bits per heavy atom. The van der Waals surface area contributed by atoms with Crippen LogP contribution in [0.15, 0.2) is 24.3 Å². The topological polar surface area (TPSA) is 93.1 Å². The van der Waals surface area contributed by atoms with Crippen LogP contribution in [0.4, 0.5) is 0 Å². The second-order valence-electron chi connectivity index (χ2n) is 2.62. The molecule has 82 valence electrons. The number of para-hydroxylation sites is 2. The number of phosphoric ester groups is 1. The van der Waals surface area contributed by atoms with Crippen molar-refractivity contribution in [1.82, 2.24) is 0 Å². The summed E-state index contributed by atoms with van der Waals surface area (Å²) in [5.41, 5.74) is 0. The first kappa shape index (κ1) is 11.7. The van der Waals surface area contributed by atoms with E-state index in [1.807, 2.05) is 0 Å². The Labute approximate surface area is 85.7 Å². The van der Waals surface area contributed by atoms with Crippen LogP contribution in [-0.2, 0) is 9.36 Å². The first-order valence-electron chi connectivity index (χ1n) is 3.91. The molecule has 0 bridgehead atoms. The van der Waals surface area contributed by atoms with E-state index in [1.165, 1.54) is 25.1 Å². The van der Waals surface area contributed by atoms with Crippen LogP contribution >= 0.6 is 7.82 Å². The maximum atomic E-state index is 10.7. The van der Waals surface area contributed by atoms with Gasteiger partial charge in [0.1, 0.15) is 0 Å². The average Bonchev–Trinajstić information content (AvgIpc) is 2.05. The lowest BCUT2D eigenvalue weighted by molar-refractivity contribution is -0.132. The zero-order chi connectivity index (χ0) is 11.5. The predicted octanol–water partition coefficient (Wildman–Crippen LogP) is 1.08. The molecule has 0 radical (unpaired) electrons. The van der Waals surface area contributed by atoms with E-state index in [2.05, 4.69) is 9.26 Å². The maximum Gasteiger partial charge on any atom is 0.524 e. The van der Waals surface area contributed by atoms with Gasteiger partial charge in [0.2, 0.25) is 0 Å². The highest BCUT2D eigenvalue weighted by Gasteiger charge is 2.19. The van der Waals surface area contributed by atoms with E-state index in [9.17, 15) is 9.36 Å². The predicted molar refractivity (Wildman–Crippen MR) is 50.4 cm³/mol. The van der Waals surface area contributed by atoms with Crippen molar-refractivity contribution in [2.45, 2.75) is 6.92 Å². The molecule has 7 heteroatoms. The van der Waals surface area contributed by atoms with Crippen molar-refractivity contribution in [3.05, 3.63) is 24.3 Å². The van der Waals surface area contributed by atoms with Crippen LogP contribution in [0.5, 0.6) is 11.5 Å². The van der Waals surface area contributed by atoms with Gasteiger partial charge >= 0.3 is 13.8 Å². The van der Waals surface area contributed by atoms with Crippen molar-refractivity contribution in [3.63, 3.8) is 0 Å². The van der Waals surface area contributed by atoms with Crippen molar-refractivity contribution in [2.75, 3.05) is 0 Å². The van der Waals surface area contributed by atoms with Crippen molar-refractivity contribution in [2.24, 2.45) is 0 Å². The third-order valence-corrected chi connectivity index (χ3v) is 1.75. The summed E-state index contributed by atoms with van der Waals surface area (Å²) >= 11 is 0. The number of carbonyl (C=O) groups excluding carboxylic acids is 1. The van der Waals surface area contributed by atoms with Crippen LogP contribution in [0, 0.1) is 0 Å². The van der Waals surface area contributed by atoms with Crippen LogP contribution in [0.1, 0.15) is 6.92 Å². The Kier molecular flexibility index (Phi) is 3.47. The largest absolute Gasteiger partial charge is 0.524 e. The van der Waals surface area contributed by atoms with Gasteiger partial charge in [0.05, 0.1) is 0 Å². The summed E-state index contributed by atoms with van der Waals surface area (Å²) in [6.45, 7) is 1.17. The normalized spacial score (nSPS) is 10.9. The highest BCUT2D eigenvalue weighted by atomic mass is 31.2. The van der Waals surface area contributed by atoms with Gasteiger partial charge < -0.3 is 9.26 Å². The number of carbonyl (C=O) groups is 1. The minimum Gasteiger partial charge on any atom is -0.423 e. The second-order valence-corrected chi connectivity index (χ2v) is 3.79. The molecule has 1 aromatic carbocycles.